The monoisotopic (exact) mass is 424 g/mol. The molecule has 2 heterocycles. The van der Waals surface area contributed by atoms with Crippen LogP contribution in [0.2, 0.25) is 5.02 Å². The van der Waals surface area contributed by atoms with Crippen molar-refractivity contribution in [2.45, 2.75) is 32.4 Å². The highest BCUT2D eigenvalue weighted by Crippen LogP contribution is 2.26. The first-order chi connectivity index (χ1) is 14.6. The lowest BCUT2D eigenvalue weighted by Crippen LogP contribution is -2.38. The van der Waals surface area contributed by atoms with Crippen LogP contribution >= 0.6 is 11.6 Å². The van der Waals surface area contributed by atoms with Crippen molar-refractivity contribution >= 4 is 28.3 Å². The van der Waals surface area contributed by atoms with Crippen LogP contribution in [0.3, 0.4) is 0 Å². The number of carbonyl (C=O) groups is 1. The van der Waals surface area contributed by atoms with Crippen molar-refractivity contribution in [3.05, 3.63) is 75.2 Å². The Kier molecular flexibility index (Phi) is 6.16. The third-order valence-corrected chi connectivity index (χ3v) is 5.89. The number of benzene rings is 2. The van der Waals surface area contributed by atoms with Gasteiger partial charge in [0.25, 0.3) is 11.5 Å². The van der Waals surface area contributed by atoms with E-state index in [0.29, 0.717) is 28.9 Å². The van der Waals surface area contributed by atoms with E-state index in [1.54, 1.807) is 18.2 Å². The van der Waals surface area contributed by atoms with Crippen molar-refractivity contribution in [2.24, 2.45) is 0 Å². The van der Waals surface area contributed by atoms with Crippen LogP contribution in [0.5, 0.6) is 0 Å². The van der Waals surface area contributed by atoms with E-state index >= 15 is 0 Å². The van der Waals surface area contributed by atoms with Crippen LogP contribution in [0.4, 0.5) is 0 Å². The highest BCUT2D eigenvalue weighted by molar-refractivity contribution is 6.30. The standard InChI is InChI=1S/C23H25ClN4O2/c1-2-28-23(30)19-11-4-3-10-18(19)21(26-28)22(29)25-15-20(27-12-5-6-13-27)16-8-7-9-17(24)14-16/h3-4,7-11,14,20H,2,5-6,12-13,15H2,1H3,(H,25,29). The van der Waals surface area contributed by atoms with Gasteiger partial charge in [-0.05, 0) is 56.6 Å². The lowest BCUT2D eigenvalue weighted by Gasteiger charge is -2.28. The largest absolute Gasteiger partial charge is 0.349 e. The predicted octanol–water partition coefficient (Wildman–Crippen LogP) is 3.64. The Bertz CT molecular complexity index is 1120. The summed E-state index contributed by atoms with van der Waals surface area (Å²) < 4.78 is 1.34. The fourth-order valence-corrected chi connectivity index (χ4v) is 4.31. The highest BCUT2D eigenvalue weighted by Gasteiger charge is 2.25. The average Bonchev–Trinajstić information content (AvgIpc) is 3.29. The van der Waals surface area contributed by atoms with E-state index in [1.807, 2.05) is 37.3 Å². The molecule has 1 aliphatic heterocycles. The van der Waals surface area contributed by atoms with E-state index in [1.165, 1.54) is 4.68 Å². The lowest BCUT2D eigenvalue weighted by molar-refractivity contribution is 0.0932. The number of halogens is 1. The highest BCUT2D eigenvalue weighted by atomic mass is 35.5. The Balaban J connectivity index is 1.63. The second kappa shape index (κ2) is 8.98. The Morgan fingerprint density at radius 3 is 2.57 bits per heavy atom. The lowest BCUT2D eigenvalue weighted by atomic mass is 10.1. The number of likely N-dealkylation sites (tertiary alicyclic amines) is 1. The third-order valence-electron chi connectivity index (χ3n) is 5.65. The molecule has 3 aromatic rings. The summed E-state index contributed by atoms with van der Waals surface area (Å²) in [4.78, 5) is 28.0. The van der Waals surface area contributed by atoms with E-state index in [4.69, 9.17) is 11.6 Å². The quantitative estimate of drug-likeness (QED) is 0.656. The molecular formula is C23H25ClN4O2. The molecule has 1 aromatic heterocycles. The summed E-state index contributed by atoms with van der Waals surface area (Å²) in [6.45, 7) is 4.68. The summed E-state index contributed by atoms with van der Waals surface area (Å²) in [6, 6.07) is 15.0. The fourth-order valence-electron chi connectivity index (χ4n) is 4.12. The first-order valence-electron chi connectivity index (χ1n) is 10.4. The SMILES string of the molecule is CCn1nc(C(=O)NCC(c2cccc(Cl)c2)N2CCCC2)c2ccccc2c1=O. The molecule has 1 fully saturated rings. The Morgan fingerprint density at radius 2 is 1.87 bits per heavy atom. The van der Waals surface area contributed by atoms with Crippen LogP contribution in [0.15, 0.2) is 53.3 Å². The van der Waals surface area contributed by atoms with Crippen molar-refractivity contribution in [1.29, 1.82) is 0 Å². The maximum Gasteiger partial charge on any atom is 0.274 e. The van der Waals surface area contributed by atoms with Gasteiger partial charge in [-0.2, -0.15) is 5.10 Å². The molecule has 0 radical (unpaired) electrons. The van der Waals surface area contributed by atoms with Crippen LogP contribution in [-0.4, -0.2) is 40.2 Å². The third kappa shape index (κ3) is 4.11. The number of fused-ring (bicyclic) bond motifs is 1. The zero-order valence-electron chi connectivity index (χ0n) is 17.0. The molecule has 4 rings (SSSR count). The van der Waals surface area contributed by atoms with Crippen LogP contribution < -0.4 is 10.9 Å². The molecule has 0 bridgehead atoms. The Hall–Kier alpha value is -2.70. The molecule has 7 heteroatoms. The molecule has 6 nitrogen and oxygen atoms in total. The molecule has 156 valence electrons. The molecule has 0 saturated carbocycles. The van der Waals surface area contributed by atoms with Gasteiger partial charge in [-0.1, -0.05) is 41.9 Å². The normalized spacial score (nSPS) is 15.4. The van der Waals surface area contributed by atoms with E-state index in [0.717, 1.165) is 31.5 Å². The van der Waals surface area contributed by atoms with Crippen LogP contribution in [-0.2, 0) is 6.54 Å². The Morgan fingerprint density at radius 1 is 1.13 bits per heavy atom. The van der Waals surface area contributed by atoms with Gasteiger partial charge in [0.05, 0.1) is 11.4 Å². The zero-order chi connectivity index (χ0) is 21.1. The zero-order valence-corrected chi connectivity index (χ0v) is 17.7. The summed E-state index contributed by atoms with van der Waals surface area (Å²) in [7, 11) is 0. The van der Waals surface area contributed by atoms with Gasteiger partial charge in [0.1, 0.15) is 0 Å². The molecule has 1 atom stereocenters. The first-order valence-corrected chi connectivity index (χ1v) is 10.7. The number of amides is 1. The second-order valence-electron chi connectivity index (χ2n) is 7.54. The topological polar surface area (TPSA) is 67.2 Å². The minimum Gasteiger partial charge on any atom is -0.349 e. The number of aryl methyl sites for hydroxylation is 1. The molecule has 0 aliphatic carbocycles. The predicted molar refractivity (Wildman–Crippen MR) is 119 cm³/mol. The van der Waals surface area contributed by atoms with E-state index < -0.39 is 0 Å². The van der Waals surface area contributed by atoms with Gasteiger partial charge in [0.15, 0.2) is 5.69 Å². The summed E-state index contributed by atoms with van der Waals surface area (Å²) in [5, 5.41) is 9.16. The molecule has 0 spiro atoms. The summed E-state index contributed by atoms with van der Waals surface area (Å²) >= 11 is 6.22. The minimum absolute atomic E-state index is 0.0403. The molecule has 2 aromatic carbocycles. The van der Waals surface area contributed by atoms with Crippen LogP contribution in [0.25, 0.3) is 10.8 Å². The van der Waals surface area contributed by atoms with Crippen molar-refractivity contribution in [2.75, 3.05) is 19.6 Å². The molecule has 1 aliphatic rings. The first kappa shape index (κ1) is 20.6. The number of aromatic nitrogens is 2. The van der Waals surface area contributed by atoms with Crippen LogP contribution in [0.1, 0.15) is 41.9 Å². The molecule has 1 amide bonds. The van der Waals surface area contributed by atoms with Crippen molar-refractivity contribution in [3.8, 4) is 0 Å². The summed E-state index contributed by atoms with van der Waals surface area (Å²) in [6.07, 6.45) is 2.30. The number of rotatable bonds is 6. The van der Waals surface area contributed by atoms with Crippen molar-refractivity contribution in [3.63, 3.8) is 0 Å². The second-order valence-corrected chi connectivity index (χ2v) is 7.98. The van der Waals surface area contributed by atoms with Gasteiger partial charge in [-0.25, -0.2) is 4.68 Å². The minimum atomic E-state index is -0.278. The fraction of sp³-hybridized carbons (Fsp3) is 0.348. The molecular weight excluding hydrogens is 400 g/mol. The van der Waals surface area contributed by atoms with E-state index in [-0.39, 0.29) is 23.2 Å². The van der Waals surface area contributed by atoms with Gasteiger partial charge in [-0.3, -0.25) is 14.5 Å². The average molecular weight is 425 g/mol. The molecule has 30 heavy (non-hydrogen) atoms. The van der Waals surface area contributed by atoms with Gasteiger partial charge in [-0.15, -0.1) is 0 Å². The van der Waals surface area contributed by atoms with E-state index in [2.05, 4.69) is 15.3 Å². The van der Waals surface area contributed by atoms with Gasteiger partial charge >= 0.3 is 0 Å². The van der Waals surface area contributed by atoms with Gasteiger partial charge in [0, 0.05) is 23.5 Å². The van der Waals surface area contributed by atoms with Crippen molar-refractivity contribution < 1.29 is 4.79 Å². The van der Waals surface area contributed by atoms with Gasteiger partial charge < -0.3 is 5.32 Å². The number of hydrogen-bond donors (Lipinski definition) is 1. The number of hydrogen-bond acceptors (Lipinski definition) is 4. The maximum atomic E-state index is 13.1. The van der Waals surface area contributed by atoms with Crippen LogP contribution in [0, 0.1) is 0 Å². The number of nitrogens with zero attached hydrogens (tertiary/aromatic N) is 3. The summed E-state index contributed by atoms with van der Waals surface area (Å²) in [5.74, 6) is -0.278. The van der Waals surface area contributed by atoms with E-state index in [9.17, 15) is 9.59 Å². The number of carbonyl (C=O) groups excluding carboxylic acids is 1. The van der Waals surface area contributed by atoms with Gasteiger partial charge in [0.2, 0.25) is 0 Å². The van der Waals surface area contributed by atoms with Crippen molar-refractivity contribution in [1.82, 2.24) is 20.0 Å². The number of nitrogens with one attached hydrogen (secondary N) is 1. The molecule has 1 unspecified atom stereocenters. The smallest absolute Gasteiger partial charge is 0.274 e. The maximum absolute atomic E-state index is 13.1. The molecule has 1 saturated heterocycles. The molecule has 1 N–H and O–H groups in total. The Labute approximate surface area is 180 Å². The summed E-state index contributed by atoms with van der Waals surface area (Å²) in [5.41, 5.74) is 1.18.